The van der Waals surface area contributed by atoms with Gasteiger partial charge in [-0.05, 0) is 59.9 Å². The lowest BCUT2D eigenvalue weighted by Crippen LogP contribution is -2.53. The Kier molecular flexibility index (Phi) is 7.36. The molecule has 8 heteroatoms. The van der Waals surface area contributed by atoms with Gasteiger partial charge in [0.15, 0.2) is 0 Å². The van der Waals surface area contributed by atoms with Crippen LogP contribution in [0.15, 0.2) is 72.8 Å². The van der Waals surface area contributed by atoms with Gasteiger partial charge in [0.25, 0.3) is 0 Å². The third kappa shape index (κ3) is 5.96. The molecule has 1 aliphatic carbocycles. The molecule has 1 atom stereocenters. The molecule has 1 aliphatic rings. The van der Waals surface area contributed by atoms with Crippen molar-refractivity contribution in [3.05, 3.63) is 106 Å². The Labute approximate surface area is 206 Å². The van der Waals surface area contributed by atoms with E-state index in [9.17, 15) is 22.4 Å². The molecule has 0 radical (unpaired) electrons. The topological polar surface area (TPSA) is 41.1 Å². The van der Waals surface area contributed by atoms with Crippen LogP contribution in [0, 0.1) is 5.82 Å². The van der Waals surface area contributed by atoms with Crippen LogP contribution in [0.5, 0.6) is 0 Å². The Balaban J connectivity index is 1.90. The molecule has 0 aliphatic heterocycles. The van der Waals surface area contributed by atoms with E-state index in [0.717, 1.165) is 43.4 Å². The van der Waals surface area contributed by atoms with E-state index in [1.54, 1.807) is 48.5 Å². The van der Waals surface area contributed by atoms with Crippen molar-refractivity contribution >= 4 is 17.6 Å². The summed E-state index contributed by atoms with van der Waals surface area (Å²) in [7, 11) is 0. The first-order valence-electron chi connectivity index (χ1n) is 11.4. The van der Waals surface area contributed by atoms with Crippen LogP contribution in [0.1, 0.15) is 47.9 Å². The standard InChI is InChI=1S/C27H25ClF4N2O/c28-22-10-6-9-19(14-22)26(17-18-7-2-1-3-8-18,34-25(35)33-24-11-4-5-12-24)20-13-21(27(30,31)32)16-23(29)15-20/h1-3,6-10,13-16,24H,4-5,11-12,17H2,(H2,33,34,35). The lowest BCUT2D eigenvalue weighted by molar-refractivity contribution is -0.137. The Morgan fingerprint density at radius 2 is 1.57 bits per heavy atom. The van der Waals surface area contributed by atoms with Crippen molar-refractivity contribution < 1.29 is 22.4 Å². The number of urea groups is 1. The largest absolute Gasteiger partial charge is 0.416 e. The fourth-order valence-corrected chi connectivity index (χ4v) is 4.89. The summed E-state index contributed by atoms with van der Waals surface area (Å²) in [5.41, 5.74) is -1.51. The highest BCUT2D eigenvalue weighted by molar-refractivity contribution is 6.30. The van der Waals surface area contributed by atoms with Crippen LogP contribution < -0.4 is 10.6 Å². The van der Waals surface area contributed by atoms with Gasteiger partial charge in [-0.15, -0.1) is 0 Å². The Morgan fingerprint density at radius 3 is 2.23 bits per heavy atom. The highest BCUT2D eigenvalue weighted by Crippen LogP contribution is 2.39. The second-order valence-electron chi connectivity index (χ2n) is 8.88. The quantitative estimate of drug-likeness (QED) is 0.342. The van der Waals surface area contributed by atoms with E-state index in [-0.39, 0.29) is 18.0 Å². The summed E-state index contributed by atoms with van der Waals surface area (Å²) in [5.74, 6) is -1.05. The summed E-state index contributed by atoms with van der Waals surface area (Å²) in [6.45, 7) is 0. The summed E-state index contributed by atoms with van der Waals surface area (Å²) in [6.07, 6.45) is -1.05. The SMILES string of the molecule is O=C(NC1CCCC1)NC(Cc1ccccc1)(c1cccc(Cl)c1)c1cc(F)cc(C(F)(F)F)c1. The van der Waals surface area contributed by atoms with E-state index in [4.69, 9.17) is 11.6 Å². The van der Waals surface area contributed by atoms with Crippen LogP contribution in [0.2, 0.25) is 5.02 Å². The number of alkyl halides is 3. The first-order valence-corrected chi connectivity index (χ1v) is 11.8. The van der Waals surface area contributed by atoms with Crippen molar-refractivity contribution in [2.75, 3.05) is 0 Å². The van der Waals surface area contributed by atoms with E-state index in [1.165, 1.54) is 0 Å². The number of benzene rings is 3. The molecule has 1 fully saturated rings. The monoisotopic (exact) mass is 504 g/mol. The van der Waals surface area contributed by atoms with Gasteiger partial charge in [0.05, 0.1) is 11.1 Å². The first-order chi connectivity index (χ1) is 16.7. The maximum atomic E-state index is 14.6. The number of hydrogen-bond donors (Lipinski definition) is 2. The van der Waals surface area contributed by atoms with Crippen LogP contribution in [0.4, 0.5) is 22.4 Å². The number of carbonyl (C=O) groups excluding carboxylic acids is 1. The molecular formula is C27H25ClF4N2O. The number of nitrogens with one attached hydrogen (secondary N) is 2. The second kappa shape index (κ2) is 10.3. The maximum Gasteiger partial charge on any atom is 0.416 e. The lowest BCUT2D eigenvalue weighted by Gasteiger charge is -2.37. The Morgan fingerprint density at radius 1 is 0.886 bits per heavy atom. The summed E-state index contributed by atoms with van der Waals surface area (Å²) in [5, 5.41) is 6.20. The summed E-state index contributed by atoms with van der Waals surface area (Å²) in [4.78, 5) is 13.2. The van der Waals surface area contributed by atoms with E-state index in [1.807, 2.05) is 6.07 Å². The van der Waals surface area contributed by atoms with Crippen LogP contribution in [0.25, 0.3) is 0 Å². The molecule has 1 saturated carbocycles. The first kappa shape index (κ1) is 25.0. The number of hydrogen-bond acceptors (Lipinski definition) is 1. The maximum absolute atomic E-state index is 14.6. The normalized spacial score (nSPS) is 16.0. The van der Waals surface area contributed by atoms with Gasteiger partial charge in [-0.25, -0.2) is 9.18 Å². The van der Waals surface area contributed by atoms with Gasteiger partial charge in [-0.3, -0.25) is 0 Å². The highest BCUT2D eigenvalue weighted by atomic mass is 35.5. The zero-order valence-electron chi connectivity index (χ0n) is 18.8. The zero-order chi connectivity index (χ0) is 25.1. The van der Waals surface area contributed by atoms with Gasteiger partial charge in [0.1, 0.15) is 5.82 Å². The highest BCUT2D eigenvalue weighted by Gasteiger charge is 2.40. The Bertz CT molecular complexity index is 1180. The fraction of sp³-hybridized carbons (Fsp3) is 0.296. The molecule has 0 aromatic heterocycles. The predicted molar refractivity (Wildman–Crippen MR) is 128 cm³/mol. The van der Waals surface area contributed by atoms with Crippen molar-refractivity contribution in [3.63, 3.8) is 0 Å². The van der Waals surface area contributed by atoms with Crippen LogP contribution >= 0.6 is 11.6 Å². The minimum atomic E-state index is -4.77. The van der Waals surface area contributed by atoms with Gasteiger partial charge < -0.3 is 10.6 Å². The molecule has 0 bridgehead atoms. The fourth-order valence-electron chi connectivity index (χ4n) is 4.70. The van der Waals surface area contributed by atoms with Crippen molar-refractivity contribution in [2.24, 2.45) is 0 Å². The van der Waals surface area contributed by atoms with E-state index >= 15 is 0 Å². The molecule has 0 saturated heterocycles. The van der Waals surface area contributed by atoms with E-state index in [2.05, 4.69) is 10.6 Å². The summed E-state index contributed by atoms with van der Waals surface area (Å²) < 4.78 is 55.7. The smallest absolute Gasteiger partial charge is 0.335 e. The van der Waals surface area contributed by atoms with Crippen molar-refractivity contribution in [1.82, 2.24) is 10.6 Å². The number of halogens is 5. The van der Waals surface area contributed by atoms with Crippen LogP contribution in [0.3, 0.4) is 0 Å². The van der Waals surface area contributed by atoms with Gasteiger partial charge >= 0.3 is 12.2 Å². The zero-order valence-corrected chi connectivity index (χ0v) is 19.6. The van der Waals surface area contributed by atoms with Crippen molar-refractivity contribution in [3.8, 4) is 0 Å². The molecule has 1 unspecified atom stereocenters. The molecule has 2 N–H and O–H groups in total. The summed E-state index contributed by atoms with van der Waals surface area (Å²) in [6, 6.07) is 17.4. The number of amides is 2. The predicted octanol–water partition coefficient (Wildman–Crippen LogP) is 7.23. The van der Waals surface area contributed by atoms with Crippen molar-refractivity contribution in [1.29, 1.82) is 0 Å². The van der Waals surface area contributed by atoms with Gasteiger partial charge in [-0.2, -0.15) is 13.2 Å². The van der Waals surface area contributed by atoms with Gasteiger partial charge in [0.2, 0.25) is 0 Å². The summed E-state index contributed by atoms with van der Waals surface area (Å²) >= 11 is 6.27. The van der Waals surface area contributed by atoms with Crippen molar-refractivity contribution in [2.45, 2.75) is 49.9 Å². The second-order valence-corrected chi connectivity index (χ2v) is 9.32. The minimum Gasteiger partial charge on any atom is -0.335 e. The van der Waals surface area contributed by atoms with Gasteiger partial charge in [-0.1, -0.05) is 66.9 Å². The molecule has 35 heavy (non-hydrogen) atoms. The Hall–Kier alpha value is -3.06. The molecule has 3 aromatic rings. The molecule has 2 amide bonds. The third-order valence-electron chi connectivity index (χ3n) is 6.36. The molecular weight excluding hydrogens is 480 g/mol. The molecule has 184 valence electrons. The van der Waals surface area contributed by atoms with Crippen LogP contribution in [-0.2, 0) is 18.1 Å². The molecule has 0 spiro atoms. The molecule has 3 nitrogen and oxygen atoms in total. The number of rotatable bonds is 6. The minimum absolute atomic E-state index is 0.0259. The molecule has 0 heterocycles. The lowest BCUT2D eigenvalue weighted by atomic mass is 9.77. The number of carbonyl (C=O) groups is 1. The van der Waals surface area contributed by atoms with E-state index < -0.39 is 29.1 Å². The average Bonchev–Trinajstić information content (AvgIpc) is 3.31. The van der Waals surface area contributed by atoms with E-state index in [0.29, 0.717) is 16.7 Å². The third-order valence-corrected chi connectivity index (χ3v) is 6.60. The van der Waals surface area contributed by atoms with Crippen LogP contribution in [-0.4, -0.2) is 12.1 Å². The molecule has 3 aromatic carbocycles. The molecule has 4 rings (SSSR count). The average molecular weight is 505 g/mol. The van der Waals surface area contributed by atoms with Gasteiger partial charge in [0, 0.05) is 17.5 Å².